The number of hydrogen-bond acceptors (Lipinski definition) is 3. The average Bonchev–Trinajstić information content (AvgIpc) is 3.01. The Morgan fingerprint density at radius 2 is 2.39 bits per heavy atom. The van der Waals surface area contributed by atoms with E-state index in [4.69, 9.17) is 0 Å². The molecule has 1 aromatic rings. The molecule has 2 aliphatic heterocycles. The molecule has 3 rings (SSSR count). The van der Waals surface area contributed by atoms with Crippen LogP contribution in [0.1, 0.15) is 32.6 Å². The summed E-state index contributed by atoms with van der Waals surface area (Å²) in [7, 11) is 0. The minimum absolute atomic E-state index is 0.690. The Hall–Kier alpha value is -1.03. The lowest BCUT2D eigenvalue weighted by Crippen LogP contribution is -2.40. The molecule has 0 bridgehead atoms. The maximum Gasteiger partial charge on any atom is 0.205 e. The third-order valence-electron chi connectivity index (χ3n) is 4.33. The number of fused-ring (bicyclic) bond motifs is 1. The number of nitrogens with zero attached hydrogens (tertiary/aromatic N) is 3. The van der Waals surface area contributed by atoms with Gasteiger partial charge in [-0.05, 0) is 31.7 Å². The van der Waals surface area contributed by atoms with Gasteiger partial charge in [-0.25, -0.2) is 4.98 Å². The molecule has 18 heavy (non-hydrogen) atoms. The number of aromatic nitrogens is 2. The largest absolute Gasteiger partial charge is 0.340 e. The van der Waals surface area contributed by atoms with Gasteiger partial charge in [0.15, 0.2) is 0 Å². The molecule has 2 aliphatic rings. The van der Waals surface area contributed by atoms with Crippen molar-refractivity contribution in [3.63, 3.8) is 0 Å². The van der Waals surface area contributed by atoms with Crippen molar-refractivity contribution in [1.29, 1.82) is 0 Å². The van der Waals surface area contributed by atoms with Crippen LogP contribution in [0.5, 0.6) is 0 Å². The van der Waals surface area contributed by atoms with Crippen LogP contribution in [0.2, 0.25) is 0 Å². The van der Waals surface area contributed by atoms with Crippen molar-refractivity contribution in [3.05, 3.63) is 12.4 Å². The Bertz CT molecular complexity index is 373. The number of imidazole rings is 1. The van der Waals surface area contributed by atoms with Gasteiger partial charge in [0, 0.05) is 38.1 Å². The molecular weight excluding hydrogens is 224 g/mol. The van der Waals surface area contributed by atoms with Crippen molar-refractivity contribution in [3.8, 4) is 0 Å². The van der Waals surface area contributed by atoms with Crippen molar-refractivity contribution >= 4 is 5.95 Å². The summed E-state index contributed by atoms with van der Waals surface area (Å²) in [4.78, 5) is 7.05. The molecule has 0 radical (unpaired) electrons. The predicted octanol–water partition coefficient (Wildman–Crippen LogP) is 1.87. The molecule has 4 heteroatoms. The van der Waals surface area contributed by atoms with E-state index in [0.717, 1.165) is 19.0 Å². The second-order valence-corrected chi connectivity index (χ2v) is 5.64. The number of nitrogens with one attached hydrogen (secondary N) is 1. The van der Waals surface area contributed by atoms with E-state index >= 15 is 0 Å². The smallest absolute Gasteiger partial charge is 0.205 e. The van der Waals surface area contributed by atoms with Crippen LogP contribution < -0.4 is 10.2 Å². The Kier molecular flexibility index (Phi) is 3.55. The minimum Gasteiger partial charge on any atom is -0.340 e. The quantitative estimate of drug-likeness (QED) is 0.883. The van der Waals surface area contributed by atoms with Crippen LogP contribution >= 0.6 is 0 Å². The van der Waals surface area contributed by atoms with E-state index in [9.17, 15) is 0 Å². The van der Waals surface area contributed by atoms with Gasteiger partial charge >= 0.3 is 0 Å². The molecule has 1 N–H and O–H groups in total. The normalized spacial score (nSPS) is 27.5. The van der Waals surface area contributed by atoms with E-state index < -0.39 is 0 Å². The first-order valence-corrected chi connectivity index (χ1v) is 7.38. The molecule has 0 saturated carbocycles. The Labute approximate surface area is 109 Å². The van der Waals surface area contributed by atoms with Gasteiger partial charge in [0.2, 0.25) is 5.95 Å². The van der Waals surface area contributed by atoms with Crippen molar-refractivity contribution in [2.45, 2.75) is 45.2 Å². The van der Waals surface area contributed by atoms with Crippen molar-refractivity contribution in [2.24, 2.45) is 5.92 Å². The zero-order valence-electron chi connectivity index (χ0n) is 11.3. The second-order valence-electron chi connectivity index (χ2n) is 5.64. The molecule has 2 saturated heterocycles. The minimum atomic E-state index is 0.690. The van der Waals surface area contributed by atoms with Gasteiger partial charge in [0.05, 0.1) is 0 Å². The molecule has 2 atom stereocenters. The summed E-state index contributed by atoms with van der Waals surface area (Å²) < 4.78 is 2.32. The second kappa shape index (κ2) is 5.31. The van der Waals surface area contributed by atoms with Crippen LogP contribution in [-0.4, -0.2) is 35.2 Å². The summed E-state index contributed by atoms with van der Waals surface area (Å²) in [5.74, 6) is 2.01. The van der Waals surface area contributed by atoms with Gasteiger partial charge in [0.25, 0.3) is 0 Å². The van der Waals surface area contributed by atoms with Crippen LogP contribution in [0.15, 0.2) is 12.4 Å². The molecule has 4 nitrogen and oxygen atoms in total. The number of anilines is 1. The molecule has 100 valence electrons. The number of rotatable bonds is 4. The van der Waals surface area contributed by atoms with Gasteiger partial charge < -0.3 is 14.8 Å². The molecule has 0 aliphatic carbocycles. The molecule has 2 unspecified atom stereocenters. The first-order chi connectivity index (χ1) is 8.88. The summed E-state index contributed by atoms with van der Waals surface area (Å²) in [6.45, 7) is 6.85. The van der Waals surface area contributed by atoms with Gasteiger partial charge in [-0.15, -0.1) is 0 Å². The monoisotopic (exact) mass is 248 g/mol. The van der Waals surface area contributed by atoms with Crippen molar-refractivity contribution in [1.82, 2.24) is 14.9 Å². The highest BCUT2D eigenvalue weighted by molar-refractivity contribution is 5.34. The number of hydrogen-bond donors (Lipinski definition) is 1. The summed E-state index contributed by atoms with van der Waals surface area (Å²) in [6.07, 6.45) is 9.26. The maximum atomic E-state index is 4.57. The van der Waals surface area contributed by atoms with Gasteiger partial charge in [-0.1, -0.05) is 13.3 Å². The lowest BCUT2D eigenvalue weighted by Gasteiger charge is -2.24. The van der Waals surface area contributed by atoms with E-state index in [2.05, 4.69) is 32.9 Å². The molecule has 2 fully saturated rings. The Balaban J connectivity index is 1.69. The van der Waals surface area contributed by atoms with Gasteiger partial charge in [-0.3, -0.25) is 0 Å². The molecule has 1 aromatic heterocycles. The fourth-order valence-corrected chi connectivity index (χ4v) is 3.30. The van der Waals surface area contributed by atoms with Crippen LogP contribution in [0.3, 0.4) is 0 Å². The van der Waals surface area contributed by atoms with Crippen LogP contribution in [-0.2, 0) is 6.54 Å². The Morgan fingerprint density at radius 3 is 3.22 bits per heavy atom. The highest BCUT2D eigenvalue weighted by Gasteiger charge is 2.35. The van der Waals surface area contributed by atoms with Crippen LogP contribution in [0, 0.1) is 5.92 Å². The number of piperidine rings is 1. The summed E-state index contributed by atoms with van der Waals surface area (Å²) in [5.41, 5.74) is 0. The lowest BCUT2D eigenvalue weighted by molar-refractivity contribution is 0.340. The van der Waals surface area contributed by atoms with E-state index in [1.54, 1.807) is 0 Å². The van der Waals surface area contributed by atoms with Gasteiger partial charge in [-0.2, -0.15) is 0 Å². The molecule has 0 amide bonds. The third kappa shape index (κ3) is 2.26. The van der Waals surface area contributed by atoms with Crippen molar-refractivity contribution in [2.75, 3.05) is 24.5 Å². The number of unbranched alkanes of at least 4 members (excludes halogenated alkanes) is 1. The molecule has 0 spiro atoms. The van der Waals surface area contributed by atoms with E-state index in [-0.39, 0.29) is 0 Å². The van der Waals surface area contributed by atoms with Gasteiger partial charge in [0.1, 0.15) is 0 Å². The van der Waals surface area contributed by atoms with E-state index in [1.165, 1.54) is 44.7 Å². The molecule has 3 heterocycles. The van der Waals surface area contributed by atoms with E-state index in [1.807, 2.05) is 6.20 Å². The summed E-state index contributed by atoms with van der Waals surface area (Å²) >= 11 is 0. The molecule has 0 aromatic carbocycles. The maximum absolute atomic E-state index is 4.57. The Morgan fingerprint density at radius 1 is 1.44 bits per heavy atom. The summed E-state index contributed by atoms with van der Waals surface area (Å²) in [6, 6.07) is 0.690. The highest BCUT2D eigenvalue weighted by Crippen LogP contribution is 2.28. The van der Waals surface area contributed by atoms with Crippen molar-refractivity contribution < 1.29 is 0 Å². The fraction of sp³-hybridized carbons (Fsp3) is 0.786. The first-order valence-electron chi connectivity index (χ1n) is 7.38. The SMILES string of the molecule is CCCCn1ccnc1N1CC2CCCNC2C1. The third-order valence-corrected chi connectivity index (χ3v) is 4.33. The predicted molar refractivity (Wildman–Crippen MR) is 73.9 cm³/mol. The summed E-state index contributed by atoms with van der Waals surface area (Å²) in [5, 5.41) is 3.66. The topological polar surface area (TPSA) is 33.1 Å². The van der Waals surface area contributed by atoms with E-state index in [0.29, 0.717) is 6.04 Å². The molecular formula is C14H24N4. The first kappa shape index (κ1) is 12.0. The highest BCUT2D eigenvalue weighted by atomic mass is 15.3. The zero-order chi connectivity index (χ0) is 12.4. The van der Waals surface area contributed by atoms with Crippen LogP contribution in [0.25, 0.3) is 0 Å². The van der Waals surface area contributed by atoms with Crippen LogP contribution in [0.4, 0.5) is 5.95 Å². The zero-order valence-corrected chi connectivity index (χ0v) is 11.3. The number of aryl methyl sites for hydroxylation is 1. The lowest BCUT2D eigenvalue weighted by atomic mass is 9.94. The fourth-order valence-electron chi connectivity index (χ4n) is 3.30. The average molecular weight is 248 g/mol. The standard InChI is InChI=1S/C14H24N4/c1-2-3-8-17-9-7-16-14(17)18-10-12-5-4-6-15-13(12)11-18/h7,9,12-13,15H,2-6,8,10-11H2,1H3.